The van der Waals surface area contributed by atoms with Crippen molar-refractivity contribution in [3.63, 3.8) is 0 Å². The molecule has 8 heterocycles. The number of likely N-dealkylation sites (N-methyl/N-ethyl adjacent to an activating group) is 1. The molecular formula is C74H90ClN11O27. The van der Waals surface area contributed by atoms with E-state index < -0.39 is 261 Å². The number of aliphatic carboxylic acids is 1. The minimum Gasteiger partial charge on any atom is -0.508 e. The Hall–Kier alpha value is -10.3. The lowest BCUT2D eigenvalue weighted by Crippen LogP contribution is -2.64. The van der Waals surface area contributed by atoms with Crippen LogP contribution < -0.4 is 69.0 Å². The van der Waals surface area contributed by atoms with Crippen LogP contribution in [-0.2, 0) is 62.0 Å². The molecule has 610 valence electrons. The molecule has 113 heavy (non-hydrogen) atoms. The van der Waals surface area contributed by atoms with E-state index in [0.717, 1.165) is 59.5 Å². The smallest absolute Gasteiger partial charge is 0.330 e. The normalized spacial score (nSPS) is 31.6. The Bertz CT molecular complexity index is 4500. The van der Waals surface area contributed by atoms with Crippen molar-refractivity contribution >= 4 is 65.0 Å². The highest BCUT2D eigenvalue weighted by Gasteiger charge is 2.52. The quantitative estimate of drug-likeness (QED) is 0.0627. The van der Waals surface area contributed by atoms with Gasteiger partial charge in [0.25, 0.3) is 0 Å². The van der Waals surface area contributed by atoms with E-state index in [9.17, 15) is 70.2 Å². The number of nitrogens with zero attached hydrogens (tertiary/aromatic N) is 1. The first kappa shape index (κ1) is 83.6. The van der Waals surface area contributed by atoms with Crippen LogP contribution in [0.2, 0.25) is 5.02 Å². The Morgan fingerprint density at radius 2 is 1.27 bits per heavy atom. The fourth-order valence-corrected chi connectivity index (χ4v) is 14.7. The van der Waals surface area contributed by atoms with Crippen molar-refractivity contribution < 1.29 is 132 Å². The number of ether oxygens (including phenoxy) is 8. The van der Waals surface area contributed by atoms with Gasteiger partial charge in [-0.25, -0.2) is 9.59 Å². The molecule has 8 aliphatic heterocycles. The third-order valence-electron chi connectivity index (χ3n) is 20.5. The van der Waals surface area contributed by atoms with Crippen LogP contribution in [0.15, 0.2) is 84.9 Å². The van der Waals surface area contributed by atoms with Crippen molar-refractivity contribution in [3.8, 4) is 57.1 Å². The summed E-state index contributed by atoms with van der Waals surface area (Å²) in [7, 11) is 1.20. The number of fused-ring (bicyclic) bond motifs is 15. The molecule has 0 aromatic heterocycles. The Labute approximate surface area is 649 Å². The molecule has 8 aliphatic rings. The fourth-order valence-electron chi connectivity index (χ4n) is 14.4. The Balaban J connectivity index is 1.18. The predicted octanol–water partition coefficient (Wildman–Crippen LogP) is -0.519. The van der Waals surface area contributed by atoms with Gasteiger partial charge >= 0.3 is 12.0 Å². The number of halogens is 1. The summed E-state index contributed by atoms with van der Waals surface area (Å²) in [4.78, 5) is 134. The van der Waals surface area contributed by atoms with Crippen molar-refractivity contribution in [2.75, 3.05) is 13.7 Å². The van der Waals surface area contributed by atoms with Crippen molar-refractivity contribution in [1.29, 1.82) is 0 Å². The minimum absolute atomic E-state index is 0.0580. The van der Waals surface area contributed by atoms with Gasteiger partial charge in [0.1, 0.15) is 95.5 Å². The van der Waals surface area contributed by atoms with E-state index in [2.05, 4.69) is 31.9 Å². The molecule has 0 spiro atoms. The first-order chi connectivity index (χ1) is 53.1. The zero-order valence-electron chi connectivity index (χ0n) is 61.8. The summed E-state index contributed by atoms with van der Waals surface area (Å²) < 4.78 is 51.6. The van der Waals surface area contributed by atoms with Gasteiger partial charge < -0.3 is 149 Å². The van der Waals surface area contributed by atoms with Crippen LogP contribution in [0.25, 0.3) is 11.1 Å². The van der Waals surface area contributed by atoms with Gasteiger partial charge in [0.15, 0.2) is 36.2 Å². The number of amides is 9. The summed E-state index contributed by atoms with van der Waals surface area (Å²) >= 11 is 7.14. The number of carbonyl (C=O) groups is 9. The lowest BCUT2D eigenvalue weighted by Gasteiger charge is -2.47. The monoisotopic (exact) mass is 1600 g/mol. The average Bonchev–Trinajstić information content (AvgIpc) is 0.765. The number of carbonyl (C=O) groups excluding carboxylic acids is 8. The number of hydrogen-bond acceptors (Lipinski definition) is 28. The van der Waals surface area contributed by atoms with Crippen molar-refractivity contribution in [3.05, 3.63) is 118 Å². The van der Waals surface area contributed by atoms with Crippen molar-refractivity contribution in [2.45, 2.75) is 201 Å². The summed E-state index contributed by atoms with van der Waals surface area (Å²) in [6, 6.07) is -0.709. The molecule has 13 rings (SSSR count). The van der Waals surface area contributed by atoms with Crippen LogP contribution in [0.1, 0.15) is 125 Å². The Kier molecular flexibility index (Phi) is 24.7. The van der Waals surface area contributed by atoms with Gasteiger partial charge in [-0.05, 0) is 117 Å². The first-order valence-electron chi connectivity index (χ1n) is 35.8. The second-order valence-electron chi connectivity index (χ2n) is 29.8. The number of carboxylic acids is 1. The predicted molar refractivity (Wildman–Crippen MR) is 389 cm³/mol. The third kappa shape index (κ3) is 17.9. The van der Waals surface area contributed by atoms with Gasteiger partial charge in [0, 0.05) is 53.7 Å². The summed E-state index contributed by atoms with van der Waals surface area (Å²) in [5, 5.41) is 129. The number of hydrogen-bond donors (Lipinski definition) is 20. The molecule has 3 fully saturated rings. The van der Waals surface area contributed by atoms with Crippen LogP contribution in [-0.4, -0.2) is 226 Å². The van der Waals surface area contributed by atoms with E-state index in [1.165, 1.54) is 65.1 Å². The molecular weight excluding hydrogens is 1510 g/mol. The number of nitrogens with one attached hydrogen (secondary N) is 6. The molecule has 3 saturated heterocycles. The molecule has 0 aliphatic carbocycles. The number of urea groups is 1. The van der Waals surface area contributed by atoms with Crippen LogP contribution in [0.3, 0.4) is 0 Å². The van der Waals surface area contributed by atoms with E-state index in [-0.39, 0.29) is 53.4 Å². The number of phenols is 3. The molecule has 11 bridgehead atoms. The standard InChI is InChI=1S/C74H90ClN11O27/c1-27(2)16-40(86(7)72(77)105)65(98)84-54-56(92)32-11-15-43(38(75)18-32)109-45-20-33-19-44(60(45)113-71-61(58(94)57(93)46(26-87)110-71)112-49-25-74(6,79)63(96)29(4)107-49)108-35-12-8-30(9-13-35)59(111-48-24-73(5,78)62(95)28(3)106-48)55-69(102)83-53(70(103)104)37-21-34(88)22-42(90)50(37)36-17-31(10-14-41(36)89)51(66(99)85-55)82-67(100)52(33)81-64(97)39(23-47(76)91)80-68(54)101/h8-15,17-22,27-29,39-40,46,48-49,51-59,61-63,71,87-90,92-96H,16,23-26,78-79H2,1-7H3,(H2,76,91)(H2,77,105)(H,80,101)(H,81,97)(H,82,100)(H,83,102)(H,84,98)(H,85,99)(H,103,104)/t28-,29-,39-,40+,46+,48-,49-,51+,52+,53-,54+,55-,56+,57+,58-,59+,61+,62-,63-,71-,73-,74-/m0/s1. The highest BCUT2D eigenvalue weighted by atomic mass is 35.5. The molecule has 5 aromatic carbocycles. The maximum Gasteiger partial charge on any atom is 0.330 e. The molecule has 9 amide bonds. The molecule has 0 unspecified atom stereocenters. The minimum atomic E-state index is -2.39. The second kappa shape index (κ2) is 33.4. The maximum absolute atomic E-state index is 16.4. The molecule has 39 heteroatoms. The largest absolute Gasteiger partial charge is 0.508 e. The van der Waals surface area contributed by atoms with Crippen LogP contribution >= 0.6 is 11.6 Å². The molecule has 0 saturated carbocycles. The van der Waals surface area contributed by atoms with E-state index in [1.807, 2.05) is 0 Å². The van der Waals surface area contributed by atoms with Gasteiger partial charge in [-0.3, -0.25) is 33.6 Å². The lowest BCUT2D eigenvalue weighted by atomic mass is 9.86. The second-order valence-corrected chi connectivity index (χ2v) is 30.2. The Morgan fingerprint density at radius 3 is 1.86 bits per heavy atom. The number of aliphatic hydroxyl groups is 6. The number of carboxylic acid groups (broad SMARTS) is 1. The first-order valence-corrected chi connectivity index (χ1v) is 36.2. The summed E-state index contributed by atoms with van der Waals surface area (Å²) in [5.74, 6) is -16.5. The zero-order valence-corrected chi connectivity index (χ0v) is 62.5. The number of primary amides is 2. The SMILES string of the molecule is CC(C)C[C@H](C(=O)N[C@H]1C(=O)N[C@@H](CC(N)=O)C(=O)N[C@H]2C(=O)N[C@H]3C(=O)N[C@H](C(=O)N[C@H](C(=O)O)c4cc(O)cc(O)c4-c4cc3ccc4O)[C@H](O[C@H]3C[C@](C)(N)[C@@H](O)[C@H](C)O3)c3ccc(cc3)Oc3cc2cc(c3O[C@@H]2O[C@H](CO)[C@@H](O)[C@H](O)[C@H]2O[C@H]2C[C@](C)(N)[C@@H](O)[C@H](C)O2)Oc2ccc(cc2Cl)[C@H]1O)N(C)C(N)=O. The van der Waals surface area contributed by atoms with Gasteiger partial charge in [0.2, 0.25) is 53.4 Å². The van der Waals surface area contributed by atoms with E-state index >= 15 is 24.0 Å². The zero-order chi connectivity index (χ0) is 82.5. The Morgan fingerprint density at radius 1 is 0.673 bits per heavy atom. The lowest BCUT2D eigenvalue weighted by molar-refractivity contribution is -0.333. The number of nitrogens with two attached hydrogens (primary N) is 4. The summed E-state index contributed by atoms with van der Waals surface area (Å²) in [6.07, 6.45) is -23.1. The van der Waals surface area contributed by atoms with E-state index in [0.29, 0.717) is 0 Å². The van der Waals surface area contributed by atoms with Crippen molar-refractivity contribution in [2.24, 2.45) is 28.9 Å². The number of aliphatic hydroxyl groups excluding tert-OH is 6. The number of rotatable bonds is 15. The van der Waals surface area contributed by atoms with Gasteiger partial charge in [0.05, 0.1) is 42.5 Å². The number of benzene rings is 5. The molecule has 0 radical (unpaired) electrons. The van der Waals surface area contributed by atoms with Gasteiger partial charge in [-0.15, -0.1) is 0 Å². The number of phenolic OH excluding ortho intramolecular Hbond substituents is 3. The van der Waals surface area contributed by atoms with E-state index in [1.54, 1.807) is 13.8 Å². The molecule has 24 N–H and O–H groups in total. The third-order valence-corrected chi connectivity index (χ3v) is 20.8. The van der Waals surface area contributed by atoms with Crippen LogP contribution in [0.4, 0.5) is 4.79 Å². The number of aromatic hydroxyl groups is 3. The van der Waals surface area contributed by atoms with Crippen LogP contribution in [0.5, 0.6) is 46.0 Å². The maximum atomic E-state index is 16.4. The highest BCUT2D eigenvalue weighted by Crippen LogP contribution is 2.50. The van der Waals surface area contributed by atoms with Gasteiger partial charge in [-0.1, -0.05) is 49.7 Å². The topological polar surface area (TPSA) is 609 Å². The van der Waals surface area contributed by atoms with E-state index in [4.69, 9.17) is 72.4 Å². The fraction of sp³-hybridized carbons (Fsp3) is 0.473. The van der Waals surface area contributed by atoms with Crippen molar-refractivity contribution in [1.82, 2.24) is 36.8 Å². The molecule has 5 aromatic rings. The molecule has 22 atom stereocenters. The van der Waals surface area contributed by atoms with Crippen LogP contribution in [0, 0.1) is 5.92 Å². The molecule has 38 nitrogen and oxygen atoms in total. The van der Waals surface area contributed by atoms with Gasteiger partial charge in [-0.2, -0.15) is 0 Å². The summed E-state index contributed by atoms with van der Waals surface area (Å²) in [5.41, 5.74) is 19.0. The average molecular weight is 1600 g/mol. The highest BCUT2D eigenvalue weighted by molar-refractivity contribution is 6.32. The summed E-state index contributed by atoms with van der Waals surface area (Å²) in [6.45, 7) is 8.37.